The lowest BCUT2D eigenvalue weighted by Crippen LogP contribution is -2.37. The molecule has 10 heteroatoms. The van der Waals surface area contributed by atoms with Crippen molar-refractivity contribution in [1.82, 2.24) is 25.3 Å². The number of aryl methyl sites for hydroxylation is 1. The molecule has 21 heavy (non-hydrogen) atoms. The molecule has 0 atom stereocenters. The number of aromatic nitrogens is 2. The number of halogens is 3. The van der Waals surface area contributed by atoms with Crippen LogP contribution in [-0.2, 0) is 13.2 Å². The molecule has 0 bridgehead atoms. The minimum absolute atomic E-state index is 0.152. The molecule has 2 rings (SSSR count). The van der Waals surface area contributed by atoms with Crippen molar-refractivity contribution in [3.63, 3.8) is 0 Å². The van der Waals surface area contributed by atoms with Gasteiger partial charge in [-0.05, 0) is 0 Å². The molecular formula is C11H14F3N5O2. The van der Waals surface area contributed by atoms with Gasteiger partial charge < -0.3 is 15.5 Å². The summed E-state index contributed by atoms with van der Waals surface area (Å²) in [5, 5.41) is 8.32. The first-order chi connectivity index (χ1) is 9.79. The van der Waals surface area contributed by atoms with E-state index in [1.807, 2.05) is 0 Å². The van der Waals surface area contributed by atoms with Gasteiger partial charge in [-0.25, -0.2) is 4.79 Å². The zero-order chi connectivity index (χ0) is 15.6. The van der Waals surface area contributed by atoms with Gasteiger partial charge in [-0.2, -0.15) is 18.3 Å². The fourth-order valence-electron chi connectivity index (χ4n) is 1.94. The summed E-state index contributed by atoms with van der Waals surface area (Å²) in [4.78, 5) is 24.6. The average Bonchev–Trinajstić information content (AvgIpc) is 2.95. The topological polar surface area (TPSA) is 79.3 Å². The van der Waals surface area contributed by atoms with E-state index in [0.29, 0.717) is 25.7 Å². The van der Waals surface area contributed by atoms with E-state index in [9.17, 15) is 22.8 Å². The lowest BCUT2D eigenvalue weighted by Gasteiger charge is -2.14. The molecule has 0 aliphatic carbocycles. The Labute approximate surface area is 118 Å². The van der Waals surface area contributed by atoms with Crippen molar-refractivity contribution in [1.29, 1.82) is 0 Å². The van der Waals surface area contributed by atoms with Crippen molar-refractivity contribution in [3.05, 3.63) is 17.5 Å². The van der Waals surface area contributed by atoms with Gasteiger partial charge in [0, 0.05) is 39.3 Å². The number of rotatable bonds is 4. The average molecular weight is 305 g/mol. The van der Waals surface area contributed by atoms with Crippen LogP contribution in [0, 0.1) is 0 Å². The second-order valence-corrected chi connectivity index (χ2v) is 4.51. The Hall–Kier alpha value is -2.26. The van der Waals surface area contributed by atoms with E-state index in [1.54, 1.807) is 0 Å². The largest absolute Gasteiger partial charge is 0.435 e. The Morgan fingerprint density at radius 3 is 2.76 bits per heavy atom. The van der Waals surface area contributed by atoms with Crippen LogP contribution in [0.5, 0.6) is 0 Å². The summed E-state index contributed by atoms with van der Waals surface area (Å²) in [6.07, 6.45) is -4.59. The quantitative estimate of drug-likeness (QED) is 0.833. The minimum atomic E-state index is -4.59. The first-order valence-electron chi connectivity index (χ1n) is 6.21. The Kier molecular flexibility index (Phi) is 4.05. The maximum absolute atomic E-state index is 12.5. The van der Waals surface area contributed by atoms with Crippen molar-refractivity contribution in [2.24, 2.45) is 7.05 Å². The first kappa shape index (κ1) is 15.1. The number of hydrogen-bond donors (Lipinski definition) is 2. The Morgan fingerprint density at radius 1 is 1.52 bits per heavy atom. The Balaban J connectivity index is 1.91. The predicted octanol–water partition coefficient (Wildman–Crippen LogP) is 0.194. The van der Waals surface area contributed by atoms with Gasteiger partial charge in [0.1, 0.15) is 5.69 Å². The number of urea groups is 1. The van der Waals surface area contributed by atoms with Gasteiger partial charge in [0.15, 0.2) is 5.69 Å². The Morgan fingerprint density at radius 2 is 2.24 bits per heavy atom. The van der Waals surface area contributed by atoms with E-state index in [-0.39, 0.29) is 18.3 Å². The molecule has 0 saturated carbocycles. The summed E-state index contributed by atoms with van der Waals surface area (Å²) < 4.78 is 38.3. The van der Waals surface area contributed by atoms with Gasteiger partial charge in [0.2, 0.25) is 0 Å². The van der Waals surface area contributed by atoms with Gasteiger partial charge in [-0.3, -0.25) is 9.48 Å². The second kappa shape index (κ2) is 5.62. The maximum atomic E-state index is 12.5. The zero-order valence-corrected chi connectivity index (χ0v) is 11.2. The molecular weight excluding hydrogens is 291 g/mol. The molecule has 0 radical (unpaired) electrons. The highest BCUT2D eigenvalue weighted by Crippen LogP contribution is 2.28. The Bertz CT molecular complexity index is 555. The fraction of sp³-hybridized carbons (Fsp3) is 0.545. The standard InChI is InChI=1S/C11H14F3N5O2/c1-18-7(6-8(17-18)11(12,13)14)9(20)15-2-4-19-5-3-16-10(19)21/h6H,2-5H2,1H3,(H,15,20)(H,16,21). The third-order valence-corrected chi connectivity index (χ3v) is 3.02. The van der Waals surface area contributed by atoms with Gasteiger partial charge in [0.05, 0.1) is 0 Å². The molecule has 2 heterocycles. The van der Waals surface area contributed by atoms with Gasteiger partial charge >= 0.3 is 12.2 Å². The van der Waals surface area contributed by atoms with E-state index in [1.165, 1.54) is 11.9 Å². The maximum Gasteiger partial charge on any atom is 0.435 e. The number of hydrogen-bond acceptors (Lipinski definition) is 3. The number of alkyl halides is 3. The van der Waals surface area contributed by atoms with Crippen LogP contribution in [0.4, 0.5) is 18.0 Å². The molecule has 116 valence electrons. The molecule has 3 amide bonds. The highest BCUT2D eigenvalue weighted by molar-refractivity contribution is 5.92. The van der Waals surface area contributed by atoms with Crippen LogP contribution >= 0.6 is 0 Å². The molecule has 1 fully saturated rings. The van der Waals surface area contributed by atoms with Crippen LogP contribution in [0.15, 0.2) is 6.07 Å². The van der Waals surface area contributed by atoms with Crippen molar-refractivity contribution >= 4 is 11.9 Å². The molecule has 0 unspecified atom stereocenters. The van der Waals surface area contributed by atoms with Crippen molar-refractivity contribution in [2.45, 2.75) is 6.18 Å². The molecule has 0 spiro atoms. The van der Waals surface area contributed by atoms with Crippen LogP contribution in [0.3, 0.4) is 0 Å². The summed E-state index contributed by atoms with van der Waals surface area (Å²) >= 11 is 0. The molecule has 2 N–H and O–H groups in total. The van der Waals surface area contributed by atoms with Gasteiger partial charge in [0.25, 0.3) is 5.91 Å². The van der Waals surface area contributed by atoms with Crippen LogP contribution in [0.25, 0.3) is 0 Å². The number of nitrogens with zero attached hydrogens (tertiary/aromatic N) is 3. The van der Waals surface area contributed by atoms with E-state index in [4.69, 9.17) is 0 Å². The third kappa shape index (κ3) is 3.44. The van der Waals surface area contributed by atoms with Crippen molar-refractivity contribution in [3.8, 4) is 0 Å². The first-order valence-corrected chi connectivity index (χ1v) is 6.21. The van der Waals surface area contributed by atoms with Crippen LogP contribution < -0.4 is 10.6 Å². The van der Waals surface area contributed by atoms with Gasteiger partial charge in [-0.1, -0.05) is 0 Å². The van der Waals surface area contributed by atoms with Crippen LogP contribution in [0.2, 0.25) is 0 Å². The lowest BCUT2D eigenvalue weighted by molar-refractivity contribution is -0.141. The lowest BCUT2D eigenvalue weighted by atomic mass is 10.3. The second-order valence-electron chi connectivity index (χ2n) is 4.51. The molecule has 1 aromatic heterocycles. The van der Waals surface area contributed by atoms with Gasteiger partial charge in [-0.15, -0.1) is 0 Å². The van der Waals surface area contributed by atoms with Crippen molar-refractivity contribution < 1.29 is 22.8 Å². The number of carbonyl (C=O) groups excluding carboxylic acids is 2. The summed E-state index contributed by atoms with van der Waals surface area (Å²) in [6.45, 7) is 1.53. The minimum Gasteiger partial charge on any atom is -0.349 e. The van der Waals surface area contributed by atoms with Crippen LogP contribution in [0.1, 0.15) is 16.2 Å². The zero-order valence-electron chi connectivity index (χ0n) is 11.2. The van der Waals surface area contributed by atoms with Crippen LogP contribution in [-0.4, -0.2) is 52.8 Å². The summed E-state index contributed by atoms with van der Waals surface area (Å²) in [5.41, 5.74) is -1.30. The highest BCUT2D eigenvalue weighted by Gasteiger charge is 2.35. The summed E-state index contributed by atoms with van der Waals surface area (Å²) in [7, 11) is 1.26. The third-order valence-electron chi connectivity index (χ3n) is 3.02. The molecule has 7 nitrogen and oxygen atoms in total. The summed E-state index contributed by atoms with van der Waals surface area (Å²) in [6, 6.07) is 0.474. The molecule has 1 aliphatic heterocycles. The number of nitrogens with one attached hydrogen (secondary N) is 2. The number of carbonyl (C=O) groups is 2. The van der Waals surface area contributed by atoms with E-state index in [0.717, 1.165) is 4.68 Å². The van der Waals surface area contributed by atoms with E-state index >= 15 is 0 Å². The molecule has 0 aromatic carbocycles. The van der Waals surface area contributed by atoms with E-state index in [2.05, 4.69) is 15.7 Å². The molecule has 1 saturated heterocycles. The van der Waals surface area contributed by atoms with E-state index < -0.39 is 17.8 Å². The SMILES string of the molecule is Cn1nc(C(F)(F)F)cc1C(=O)NCCN1CCNC1=O. The predicted molar refractivity (Wildman–Crippen MR) is 65.5 cm³/mol. The number of amides is 3. The van der Waals surface area contributed by atoms with Crippen molar-refractivity contribution in [2.75, 3.05) is 26.2 Å². The fourth-order valence-corrected chi connectivity index (χ4v) is 1.94. The molecule has 1 aliphatic rings. The smallest absolute Gasteiger partial charge is 0.349 e. The summed E-state index contributed by atoms with van der Waals surface area (Å²) in [5.74, 6) is -0.667. The molecule has 1 aromatic rings. The normalized spacial score (nSPS) is 15.2. The monoisotopic (exact) mass is 305 g/mol. The highest BCUT2D eigenvalue weighted by atomic mass is 19.4.